The monoisotopic (exact) mass is 153 g/mol. The van der Waals surface area contributed by atoms with Crippen molar-refractivity contribution in [2.45, 2.75) is 12.5 Å². The van der Waals surface area contributed by atoms with Crippen molar-refractivity contribution in [1.82, 2.24) is 4.90 Å². The van der Waals surface area contributed by atoms with E-state index in [0.717, 1.165) is 13.0 Å². The highest BCUT2D eigenvalue weighted by Gasteiger charge is 2.30. The van der Waals surface area contributed by atoms with Gasteiger partial charge in [-0.15, -0.1) is 6.42 Å². The lowest BCUT2D eigenvalue weighted by molar-refractivity contribution is -0.135. The van der Waals surface area contributed by atoms with E-state index in [2.05, 4.69) is 5.92 Å². The van der Waals surface area contributed by atoms with Crippen LogP contribution >= 0.6 is 0 Å². The van der Waals surface area contributed by atoms with Crippen molar-refractivity contribution in [2.75, 3.05) is 20.2 Å². The van der Waals surface area contributed by atoms with Crippen molar-refractivity contribution in [3.8, 4) is 12.3 Å². The number of likely N-dealkylation sites (tertiary alicyclic amines) is 1. The number of ether oxygens (including phenoxy) is 1. The maximum absolute atomic E-state index is 11.2. The van der Waals surface area contributed by atoms with Crippen molar-refractivity contribution in [1.29, 1.82) is 0 Å². The van der Waals surface area contributed by atoms with Crippen LogP contribution in [0.3, 0.4) is 0 Å². The average Bonchev–Trinajstić information content (AvgIpc) is 2.34. The average molecular weight is 153 g/mol. The molecule has 1 saturated heterocycles. The molecule has 11 heavy (non-hydrogen) atoms. The third-order valence-electron chi connectivity index (χ3n) is 1.81. The molecule has 0 spiro atoms. The molecule has 1 rings (SSSR count). The van der Waals surface area contributed by atoms with Gasteiger partial charge in [0.1, 0.15) is 6.10 Å². The minimum atomic E-state index is -0.261. The van der Waals surface area contributed by atoms with Gasteiger partial charge < -0.3 is 9.64 Å². The van der Waals surface area contributed by atoms with Crippen LogP contribution in [0.1, 0.15) is 6.42 Å². The van der Waals surface area contributed by atoms with Crippen LogP contribution in [0.15, 0.2) is 0 Å². The number of hydrogen-bond acceptors (Lipinski definition) is 2. The van der Waals surface area contributed by atoms with E-state index in [1.807, 2.05) is 0 Å². The first-order valence-electron chi connectivity index (χ1n) is 3.54. The number of nitrogens with zero attached hydrogens (tertiary/aromatic N) is 1. The van der Waals surface area contributed by atoms with Gasteiger partial charge in [0.2, 0.25) is 0 Å². The third kappa shape index (κ3) is 1.52. The Balaban J connectivity index is 2.50. The van der Waals surface area contributed by atoms with E-state index < -0.39 is 0 Å². The fourth-order valence-corrected chi connectivity index (χ4v) is 1.20. The van der Waals surface area contributed by atoms with Crippen LogP contribution in [0.25, 0.3) is 0 Å². The van der Waals surface area contributed by atoms with Gasteiger partial charge in [0.05, 0.1) is 6.54 Å². The van der Waals surface area contributed by atoms with Crippen LogP contribution in [-0.4, -0.2) is 37.1 Å². The van der Waals surface area contributed by atoms with Gasteiger partial charge >= 0.3 is 0 Å². The van der Waals surface area contributed by atoms with Gasteiger partial charge in [0.15, 0.2) is 0 Å². The Morgan fingerprint density at radius 3 is 3.09 bits per heavy atom. The second kappa shape index (κ2) is 3.40. The lowest BCUT2D eigenvalue weighted by Gasteiger charge is -2.11. The number of carbonyl (C=O) groups is 1. The Morgan fingerprint density at radius 1 is 1.91 bits per heavy atom. The number of hydrogen-bond donors (Lipinski definition) is 0. The Kier molecular flexibility index (Phi) is 2.50. The van der Waals surface area contributed by atoms with Gasteiger partial charge in [0, 0.05) is 20.1 Å². The zero-order valence-corrected chi connectivity index (χ0v) is 6.54. The second-order valence-electron chi connectivity index (χ2n) is 2.48. The van der Waals surface area contributed by atoms with Crippen molar-refractivity contribution in [3.05, 3.63) is 0 Å². The van der Waals surface area contributed by atoms with E-state index in [-0.39, 0.29) is 12.0 Å². The number of amides is 1. The second-order valence-corrected chi connectivity index (χ2v) is 2.48. The summed E-state index contributed by atoms with van der Waals surface area (Å²) in [6, 6.07) is 0. The molecule has 0 radical (unpaired) electrons. The maximum atomic E-state index is 11.2. The van der Waals surface area contributed by atoms with Crippen LogP contribution in [-0.2, 0) is 9.53 Å². The molecule has 3 heteroatoms. The zero-order chi connectivity index (χ0) is 8.27. The van der Waals surface area contributed by atoms with Gasteiger partial charge in [-0.1, -0.05) is 5.92 Å². The largest absolute Gasteiger partial charge is 0.372 e. The SMILES string of the molecule is C#CCN1CC[C@H](OC)C1=O. The summed E-state index contributed by atoms with van der Waals surface area (Å²) in [5.74, 6) is 2.45. The van der Waals surface area contributed by atoms with Gasteiger partial charge in [-0.2, -0.15) is 0 Å². The van der Waals surface area contributed by atoms with Gasteiger partial charge in [-0.3, -0.25) is 4.79 Å². The lowest BCUT2D eigenvalue weighted by atomic mass is 10.3. The molecular formula is C8H11NO2. The highest BCUT2D eigenvalue weighted by molar-refractivity contribution is 5.83. The van der Waals surface area contributed by atoms with E-state index >= 15 is 0 Å². The van der Waals surface area contributed by atoms with E-state index in [1.165, 1.54) is 0 Å². The van der Waals surface area contributed by atoms with Gasteiger partial charge in [-0.25, -0.2) is 0 Å². The third-order valence-corrected chi connectivity index (χ3v) is 1.81. The van der Waals surface area contributed by atoms with Crippen molar-refractivity contribution >= 4 is 5.91 Å². The van der Waals surface area contributed by atoms with E-state index in [4.69, 9.17) is 11.2 Å². The van der Waals surface area contributed by atoms with Crippen LogP contribution in [0.5, 0.6) is 0 Å². The van der Waals surface area contributed by atoms with Crippen molar-refractivity contribution in [2.24, 2.45) is 0 Å². The minimum Gasteiger partial charge on any atom is -0.372 e. The predicted molar refractivity (Wildman–Crippen MR) is 40.8 cm³/mol. The molecule has 1 heterocycles. The van der Waals surface area contributed by atoms with Crippen LogP contribution in [0.2, 0.25) is 0 Å². The van der Waals surface area contributed by atoms with Gasteiger partial charge in [-0.05, 0) is 0 Å². The van der Waals surface area contributed by atoms with Crippen molar-refractivity contribution in [3.63, 3.8) is 0 Å². The Hall–Kier alpha value is -1.01. The predicted octanol–water partition coefficient (Wildman–Crippen LogP) is -0.133. The summed E-state index contributed by atoms with van der Waals surface area (Å²) in [5, 5.41) is 0. The van der Waals surface area contributed by atoms with E-state index in [0.29, 0.717) is 6.54 Å². The summed E-state index contributed by atoms with van der Waals surface area (Å²) in [7, 11) is 1.54. The molecule has 0 aromatic rings. The summed E-state index contributed by atoms with van der Waals surface area (Å²) < 4.78 is 4.94. The molecule has 0 saturated carbocycles. The Bertz CT molecular complexity index is 195. The number of carbonyl (C=O) groups excluding carboxylic acids is 1. The van der Waals surface area contributed by atoms with E-state index in [1.54, 1.807) is 12.0 Å². The summed E-state index contributed by atoms with van der Waals surface area (Å²) in [6.45, 7) is 1.13. The quantitative estimate of drug-likeness (QED) is 0.517. The first kappa shape index (κ1) is 8.09. The molecule has 0 N–H and O–H groups in total. The highest BCUT2D eigenvalue weighted by atomic mass is 16.5. The fraction of sp³-hybridized carbons (Fsp3) is 0.625. The molecular weight excluding hydrogens is 142 g/mol. The topological polar surface area (TPSA) is 29.5 Å². The van der Waals surface area contributed by atoms with Crippen molar-refractivity contribution < 1.29 is 9.53 Å². The van der Waals surface area contributed by atoms with Crippen LogP contribution in [0, 0.1) is 12.3 Å². The molecule has 0 aliphatic carbocycles. The molecule has 3 nitrogen and oxygen atoms in total. The molecule has 1 aliphatic rings. The standard InChI is InChI=1S/C8H11NO2/c1-3-5-9-6-4-7(11-2)8(9)10/h1,7H,4-6H2,2H3/t7-/m0/s1. The first-order chi connectivity index (χ1) is 5.29. The zero-order valence-electron chi connectivity index (χ0n) is 6.54. The summed E-state index contributed by atoms with van der Waals surface area (Å²) in [4.78, 5) is 12.9. The summed E-state index contributed by atoms with van der Waals surface area (Å²) in [5.41, 5.74) is 0. The van der Waals surface area contributed by atoms with Crippen LogP contribution < -0.4 is 0 Å². The normalized spacial score (nSPS) is 23.8. The molecule has 1 amide bonds. The Morgan fingerprint density at radius 2 is 2.64 bits per heavy atom. The molecule has 1 aliphatic heterocycles. The maximum Gasteiger partial charge on any atom is 0.252 e. The fourth-order valence-electron chi connectivity index (χ4n) is 1.20. The molecule has 60 valence electrons. The first-order valence-corrected chi connectivity index (χ1v) is 3.54. The molecule has 1 atom stereocenters. The summed E-state index contributed by atoms with van der Waals surface area (Å²) in [6.07, 6.45) is 5.57. The number of methoxy groups -OCH3 is 1. The van der Waals surface area contributed by atoms with Gasteiger partial charge in [0.25, 0.3) is 5.91 Å². The molecule has 0 unspecified atom stereocenters. The molecule has 0 aromatic heterocycles. The smallest absolute Gasteiger partial charge is 0.252 e. The number of rotatable bonds is 2. The summed E-state index contributed by atoms with van der Waals surface area (Å²) >= 11 is 0. The Labute approximate surface area is 66.3 Å². The number of terminal acetylenes is 1. The van der Waals surface area contributed by atoms with Crippen LogP contribution in [0.4, 0.5) is 0 Å². The van der Waals surface area contributed by atoms with E-state index in [9.17, 15) is 4.79 Å². The molecule has 0 aromatic carbocycles. The molecule has 1 fully saturated rings. The molecule has 0 bridgehead atoms. The lowest BCUT2D eigenvalue weighted by Crippen LogP contribution is -2.30. The minimum absolute atomic E-state index is 0.0189. The highest BCUT2D eigenvalue weighted by Crippen LogP contribution is 2.12.